The summed E-state index contributed by atoms with van der Waals surface area (Å²) in [5, 5.41) is 0. The van der Waals surface area contributed by atoms with Crippen LogP contribution in [0.2, 0.25) is 0 Å². The minimum atomic E-state index is -1.37. The maximum atomic E-state index is 11.6. The molecule has 0 amide bonds. The highest BCUT2D eigenvalue weighted by molar-refractivity contribution is 6.17. The van der Waals surface area contributed by atoms with Gasteiger partial charge in [-0.15, -0.1) is 0 Å². The van der Waals surface area contributed by atoms with Crippen LogP contribution >= 0.6 is 0 Å². The van der Waals surface area contributed by atoms with Gasteiger partial charge in [0.2, 0.25) is 0 Å². The smallest absolute Gasteiger partial charge is 0.150 e. The Morgan fingerprint density at radius 1 is 0.762 bits per heavy atom. The van der Waals surface area contributed by atoms with Crippen molar-refractivity contribution in [2.45, 2.75) is 91.4 Å². The number of Topliss-reactive ketones (excluding diaryl/α,β-unsaturated/α-hetero) is 2. The van der Waals surface area contributed by atoms with E-state index in [9.17, 15) is 14.4 Å². The molecule has 0 atom stereocenters. The van der Waals surface area contributed by atoms with Crippen molar-refractivity contribution in [3.8, 4) is 0 Å². The highest BCUT2D eigenvalue weighted by Gasteiger charge is 2.39. The maximum Gasteiger partial charge on any atom is 0.150 e. The average Bonchev–Trinajstić information content (AvgIpc) is 2.44. The molecule has 3 heteroatoms. The molecule has 0 N–H and O–H groups in total. The van der Waals surface area contributed by atoms with Crippen LogP contribution in [0.1, 0.15) is 91.4 Å². The van der Waals surface area contributed by atoms with E-state index in [-0.39, 0.29) is 11.6 Å². The summed E-state index contributed by atoms with van der Waals surface area (Å²) in [6.07, 6.45) is 12.9. The van der Waals surface area contributed by atoms with Crippen molar-refractivity contribution >= 4 is 17.9 Å². The standard InChI is InChI=1S/C18H32O3/c1-4-5-6-7-8-9-10-11-12-13-14-18(15-19,16(2)20)17(3)21/h15H,4-14H2,1-3H3. The molecule has 0 spiro atoms. The van der Waals surface area contributed by atoms with Crippen LogP contribution in [0.3, 0.4) is 0 Å². The van der Waals surface area contributed by atoms with Gasteiger partial charge in [0.1, 0.15) is 11.7 Å². The Morgan fingerprint density at radius 3 is 1.48 bits per heavy atom. The molecule has 0 aromatic heterocycles. The van der Waals surface area contributed by atoms with Crippen LogP contribution in [0.15, 0.2) is 0 Å². The predicted octanol–water partition coefficient (Wildman–Crippen LogP) is 4.66. The summed E-state index contributed by atoms with van der Waals surface area (Å²) in [5.41, 5.74) is -1.37. The molecule has 0 heterocycles. The van der Waals surface area contributed by atoms with E-state index in [4.69, 9.17) is 0 Å². The van der Waals surface area contributed by atoms with Crippen LogP contribution in [0.4, 0.5) is 0 Å². The summed E-state index contributed by atoms with van der Waals surface area (Å²) in [5.74, 6) is -0.637. The Morgan fingerprint density at radius 2 is 1.14 bits per heavy atom. The van der Waals surface area contributed by atoms with Gasteiger partial charge in [0, 0.05) is 0 Å². The lowest BCUT2D eigenvalue weighted by atomic mass is 9.77. The van der Waals surface area contributed by atoms with Crippen molar-refractivity contribution in [2.75, 3.05) is 0 Å². The van der Waals surface area contributed by atoms with Crippen molar-refractivity contribution in [2.24, 2.45) is 5.41 Å². The van der Waals surface area contributed by atoms with Gasteiger partial charge in [0.25, 0.3) is 0 Å². The van der Waals surface area contributed by atoms with E-state index in [1.807, 2.05) is 0 Å². The van der Waals surface area contributed by atoms with Crippen molar-refractivity contribution in [3.05, 3.63) is 0 Å². The second kappa shape index (κ2) is 11.6. The van der Waals surface area contributed by atoms with Gasteiger partial charge in [-0.1, -0.05) is 71.1 Å². The fourth-order valence-corrected chi connectivity index (χ4v) is 2.72. The lowest BCUT2D eigenvalue weighted by Crippen LogP contribution is -2.38. The fourth-order valence-electron chi connectivity index (χ4n) is 2.72. The van der Waals surface area contributed by atoms with Crippen molar-refractivity contribution in [3.63, 3.8) is 0 Å². The van der Waals surface area contributed by atoms with E-state index < -0.39 is 5.41 Å². The van der Waals surface area contributed by atoms with Gasteiger partial charge in [0.05, 0.1) is 0 Å². The SMILES string of the molecule is CCCCCCCCCCCCC(C=O)(C(C)=O)C(C)=O. The maximum absolute atomic E-state index is 11.6. The number of carbonyl (C=O) groups excluding carboxylic acids is 3. The Kier molecular flexibility index (Phi) is 11.1. The summed E-state index contributed by atoms with van der Waals surface area (Å²) in [7, 11) is 0. The predicted molar refractivity (Wildman–Crippen MR) is 86.3 cm³/mol. The molecule has 3 nitrogen and oxygen atoms in total. The first-order chi connectivity index (χ1) is 10.0. The second-order valence-corrected chi connectivity index (χ2v) is 6.13. The molecule has 0 radical (unpaired) electrons. The normalized spacial score (nSPS) is 11.4. The fraction of sp³-hybridized carbons (Fsp3) is 0.833. The number of unbranched alkanes of at least 4 members (excludes halogenated alkanes) is 9. The quantitative estimate of drug-likeness (QED) is 0.266. The van der Waals surface area contributed by atoms with Gasteiger partial charge in [-0.25, -0.2) is 0 Å². The molecule has 0 rings (SSSR count). The topological polar surface area (TPSA) is 51.2 Å². The Labute approximate surface area is 129 Å². The Bertz CT molecular complexity index is 306. The summed E-state index contributed by atoms with van der Waals surface area (Å²) < 4.78 is 0. The third-order valence-electron chi connectivity index (χ3n) is 4.38. The van der Waals surface area contributed by atoms with Gasteiger partial charge in [0.15, 0.2) is 11.6 Å². The molecule has 0 saturated carbocycles. The van der Waals surface area contributed by atoms with Gasteiger partial charge in [-0.3, -0.25) is 9.59 Å². The first kappa shape index (κ1) is 20.0. The van der Waals surface area contributed by atoms with E-state index in [1.165, 1.54) is 58.8 Å². The highest BCUT2D eigenvalue weighted by atomic mass is 16.2. The molecule has 0 aliphatic heterocycles. The number of aldehydes is 1. The molecule has 0 aromatic rings. The number of rotatable bonds is 14. The molecule has 0 aliphatic carbocycles. The number of hydrogen-bond donors (Lipinski definition) is 0. The van der Waals surface area contributed by atoms with Gasteiger partial charge in [-0.05, 0) is 20.3 Å². The monoisotopic (exact) mass is 296 g/mol. The molecule has 122 valence electrons. The van der Waals surface area contributed by atoms with E-state index in [1.54, 1.807) is 0 Å². The zero-order valence-electron chi connectivity index (χ0n) is 14.1. The minimum Gasteiger partial charge on any atom is -0.302 e. The second-order valence-electron chi connectivity index (χ2n) is 6.13. The lowest BCUT2D eigenvalue weighted by molar-refractivity contribution is -0.142. The van der Waals surface area contributed by atoms with Crippen molar-refractivity contribution in [1.82, 2.24) is 0 Å². The first-order valence-electron chi connectivity index (χ1n) is 8.49. The number of ketones is 2. The molecule has 0 aromatic carbocycles. The number of carbonyl (C=O) groups is 3. The van der Waals surface area contributed by atoms with Crippen LogP contribution in [-0.2, 0) is 14.4 Å². The summed E-state index contributed by atoms with van der Waals surface area (Å²) in [4.78, 5) is 34.3. The van der Waals surface area contributed by atoms with Crippen molar-refractivity contribution < 1.29 is 14.4 Å². The van der Waals surface area contributed by atoms with Gasteiger partial charge < -0.3 is 4.79 Å². The van der Waals surface area contributed by atoms with E-state index in [0.29, 0.717) is 12.7 Å². The van der Waals surface area contributed by atoms with E-state index in [2.05, 4.69) is 6.92 Å². The molecule has 21 heavy (non-hydrogen) atoms. The minimum absolute atomic E-state index is 0.319. The third-order valence-corrected chi connectivity index (χ3v) is 4.38. The Hall–Kier alpha value is -0.990. The number of hydrogen-bond acceptors (Lipinski definition) is 3. The molecular formula is C18H32O3. The van der Waals surface area contributed by atoms with Gasteiger partial charge in [-0.2, -0.15) is 0 Å². The zero-order chi connectivity index (χ0) is 16.1. The Balaban J connectivity index is 3.76. The van der Waals surface area contributed by atoms with Crippen LogP contribution in [0.5, 0.6) is 0 Å². The largest absolute Gasteiger partial charge is 0.302 e. The molecule has 0 saturated heterocycles. The average molecular weight is 296 g/mol. The molecule has 0 bridgehead atoms. The van der Waals surface area contributed by atoms with Crippen LogP contribution in [-0.4, -0.2) is 17.9 Å². The highest BCUT2D eigenvalue weighted by Crippen LogP contribution is 2.25. The summed E-state index contributed by atoms with van der Waals surface area (Å²) in [6, 6.07) is 0. The van der Waals surface area contributed by atoms with E-state index in [0.717, 1.165) is 19.3 Å². The lowest BCUT2D eigenvalue weighted by Gasteiger charge is -2.21. The molecular weight excluding hydrogens is 264 g/mol. The van der Waals surface area contributed by atoms with E-state index >= 15 is 0 Å². The van der Waals surface area contributed by atoms with Crippen LogP contribution in [0.25, 0.3) is 0 Å². The third kappa shape index (κ3) is 7.54. The van der Waals surface area contributed by atoms with Crippen LogP contribution in [0, 0.1) is 5.41 Å². The zero-order valence-corrected chi connectivity index (χ0v) is 14.1. The van der Waals surface area contributed by atoms with Crippen molar-refractivity contribution in [1.29, 1.82) is 0 Å². The van der Waals surface area contributed by atoms with Gasteiger partial charge >= 0.3 is 0 Å². The molecule has 0 aliphatic rings. The first-order valence-corrected chi connectivity index (χ1v) is 8.49. The molecule has 0 unspecified atom stereocenters. The van der Waals surface area contributed by atoms with Crippen LogP contribution < -0.4 is 0 Å². The molecule has 0 fully saturated rings. The summed E-state index contributed by atoms with van der Waals surface area (Å²) in [6.45, 7) is 4.90. The summed E-state index contributed by atoms with van der Waals surface area (Å²) >= 11 is 0.